The third-order valence-corrected chi connectivity index (χ3v) is 12.9. The molecule has 6 rings (SSSR count). The Bertz CT molecular complexity index is 2730. The maximum Gasteiger partial charge on any atom is 0.435 e. The van der Waals surface area contributed by atoms with E-state index in [-0.39, 0.29) is 67.7 Å². The zero-order valence-electron chi connectivity index (χ0n) is 35.9. The number of likely N-dealkylation sites (N-methyl/N-ethyl adjacent to an activating group) is 1. The van der Waals surface area contributed by atoms with E-state index in [1.165, 1.54) is 36.8 Å². The summed E-state index contributed by atoms with van der Waals surface area (Å²) in [7, 11) is 1.59. The molecule has 0 aliphatic heterocycles. The van der Waals surface area contributed by atoms with E-state index in [4.69, 9.17) is 16.3 Å². The summed E-state index contributed by atoms with van der Waals surface area (Å²) in [5.74, 6) is -1.96. The van der Waals surface area contributed by atoms with Crippen LogP contribution in [0.25, 0.3) is 22.0 Å². The molecule has 67 heavy (non-hydrogen) atoms. The van der Waals surface area contributed by atoms with Crippen LogP contribution in [0.2, 0.25) is 5.02 Å². The number of pyridine rings is 1. The molecular formula is C42H39ClF10N8O4S2. The van der Waals surface area contributed by atoms with Crippen molar-refractivity contribution < 1.29 is 62.8 Å². The number of hydrogen-bond acceptors (Lipinski definition) is 9. The molecule has 12 nitrogen and oxygen atoms in total. The van der Waals surface area contributed by atoms with Crippen molar-refractivity contribution in [1.29, 1.82) is 0 Å². The minimum atomic E-state index is -5.17. The summed E-state index contributed by atoms with van der Waals surface area (Å²) in [4.78, 5) is 32.0. The normalized spacial score (nSPS) is 14.6. The molecule has 1 aliphatic rings. The summed E-state index contributed by atoms with van der Waals surface area (Å²) in [6.07, 6.45) is -10.6. The smallest absolute Gasteiger partial charge is 0.435 e. The van der Waals surface area contributed by atoms with Crippen LogP contribution in [0.4, 0.5) is 54.5 Å². The highest BCUT2D eigenvalue weighted by Crippen LogP contribution is 2.47. The first-order valence-corrected chi connectivity index (χ1v) is 22.9. The molecule has 2 aromatic carbocycles. The Morgan fingerprint density at radius 3 is 2.33 bits per heavy atom. The van der Waals surface area contributed by atoms with E-state index in [9.17, 15) is 49.3 Å². The molecule has 0 saturated carbocycles. The second-order valence-corrected chi connectivity index (χ2v) is 18.7. The number of amides is 2. The van der Waals surface area contributed by atoms with Crippen LogP contribution in [-0.2, 0) is 58.7 Å². The number of fused-ring (bicyclic) bond motifs is 2. The fourth-order valence-electron chi connectivity index (χ4n) is 7.22. The zero-order chi connectivity index (χ0) is 49.4. The lowest BCUT2D eigenvalue weighted by Crippen LogP contribution is -2.35. The molecule has 0 fully saturated rings. The lowest BCUT2D eigenvalue weighted by atomic mass is 9.93. The lowest BCUT2D eigenvalue weighted by Gasteiger charge is -2.23. The van der Waals surface area contributed by atoms with Gasteiger partial charge in [-0.25, -0.2) is 18.6 Å². The molecule has 0 radical (unpaired) electrons. The molecule has 2 amide bonds. The monoisotopic (exact) mass is 1010 g/mol. The average molecular weight is 1010 g/mol. The molecule has 1 aliphatic carbocycles. The summed E-state index contributed by atoms with van der Waals surface area (Å²) in [6.45, 7) is 0.229. The van der Waals surface area contributed by atoms with E-state index in [1.807, 2.05) is 0 Å². The van der Waals surface area contributed by atoms with Crippen molar-refractivity contribution in [3.63, 3.8) is 0 Å². The maximum absolute atomic E-state index is 15.1. The third kappa shape index (κ3) is 11.6. The topological polar surface area (TPSA) is 142 Å². The van der Waals surface area contributed by atoms with E-state index < -0.39 is 113 Å². The van der Waals surface area contributed by atoms with Crippen LogP contribution in [0.5, 0.6) is 0 Å². The number of nitrogens with zero attached hydrogens (tertiary/aromatic N) is 6. The number of aromatic nitrogens is 5. The molecular weight excluding hydrogens is 970 g/mol. The van der Waals surface area contributed by atoms with E-state index in [1.54, 1.807) is 20.9 Å². The van der Waals surface area contributed by atoms with Gasteiger partial charge in [0, 0.05) is 42.0 Å². The number of carbonyl (C=O) groups is 2. The van der Waals surface area contributed by atoms with E-state index in [0.717, 1.165) is 28.4 Å². The average Bonchev–Trinajstić information content (AvgIpc) is 3.88. The predicted octanol–water partition coefficient (Wildman–Crippen LogP) is 8.89. The summed E-state index contributed by atoms with van der Waals surface area (Å²) in [5.41, 5.74) is -4.59. The summed E-state index contributed by atoms with van der Waals surface area (Å²) in [5, 5.41) is 12.4. The van der Waals surface area contributed by atoms with Gasteiger partial charge in [-0.1, -0.05) is 17.7 Å². The second-order valence-electron chi connectivity index (χ2n) is 15.6. The Kier molecular flexibility index (Phi) is 15.1. The highest BCUT2D eigenvalue weighted by Gasteiger charge is 2.50. The Balaban J connectivity index is 1.61. The number of rotatable bonds is 14. The van der Waals surface area contributed by atoms with Crippen LogP contribution in [0.3, 0.4) is 0 Å². The molecule has 360 valence electrons. The van der Waals surface area contributed by atoms with Crippen LogP contribution >= 0.6 is 23.5 Å². The summed E-state index contributed by atoms with van der Waals surface area (Å²) >= 11 is 5.91. The third-order valence-electron chi connectivity index (χ3n) is 10.4. The fourth-order valence-corrected chi connectivity index (χ4v) is 8.16. The number of carbonyl (C=O) groups excluding carboxylic acids is 2. The predicted molar refractivity (Wildman–Crippen MR) is 231 cm³/mol. The van der Waals surface area contributed by atoms with Crippen LogP contribution < -0.4 is 14.9 Å². The molecule has 0 spiro atoms. The number of alkyl halides is 8. The number of ether oxygens (including phenoxy) is 1. The second kappa shape index (κ2) is 19.8. The van der Waals surface area contributed by atoms with Crippen molar-refractivity contribution in [2.24, 2.45) is 0 Å². The molecule has 2 N–H and O–H groups in total. The Hall–Kier alpha value is -5.22. The van der Waals surface area contributed by atoms with Crippen molar-refractivity contribution in [3.05, 3.63) is 93.0 Å². The first-order valence-electron chi connectivity index (χ1n) is 19.8. The van der Waals surface area contributed by atoms with Gasteiger partial charge in [0.05, 0.1) is 33.9 Å². The van der Waals surface area contributed by atoms with Gasteiger partial charge in [-0.3, -0.25) is 14.2 Å². The molecule has 5 aromatic rings. The van der Waals surface area contributed by atoms with Crippen LogP contribution in [0, 0.1) is 23.5 Å². The fraction of sp³-hybridized carbons (Fsp3) is 0.405. The van der Waals surface area contributed by atoms with E-state index >= 15 is 8.78 Å². The van der Waals surface area contributed by atoms with E-state index in [0.29, 0.717) is 10.7 Å². The SMILES string of the molecule is CNCCOC(=O)N(SC)c1nn(CC(F)(F)F)c2c(-c3ccc(C#CC(C)(C)[S+](C)[O-])nc3C(Cc3cc(F)cc(F)c3)NC(=O)Cn3nc(C(F)(F)F)c4c3C(F)(F)CC4)ccc(Cl)c12. The number of anilines is 1. The van der Waals surface area contributed by atoms with Crippen LogP contribution in [0.1, 0.15) is 60.2 Å². The van der Waals surface area contributed by atoms with E-state index in [2.05, 4.69) is 37.7 Å². The van der Waals surface area contributed by atoms with Crippen LogP contribution in [0.15, 0.2) is 42.5 Å². The number of hydrogen-bond donors (Lipinski definition) is 2. The molecule has 25 heteroatoms. The van der Waals surface area contributed by atoms with Gasteiger partial charge in [0.2, 0.25) is 5.91 Å². The quantitative estimate of drug-likeness (QED) is 0.0367. The molecule has 3 aromatic heterocycles. The van der Waals surface area contributed by atoms with Gasteiger partial charge < -0.3 is 19.9 Å². The summed E-state index contributed by atoms with van der Waals surface area (Å²) < 4.78 is 163. The van der Waals surface area contributed by atoms with Crippen molar-refractivity contribution in [2.75, 3.05) is 37.0 Å². The van der Waals surface area contributed by atoms with Crippen molar-refractivity contribution in [2.45, 2.75) is 75.3 Å². The molecule has 3 heterocycles. The highest BCUT2D eigenvalue weighted by molar-refractivity contribution is 8.00. The molecule has 0 bridgehead atoms. The van der Waals surface area contributed by atoms with Gasteiger partial charge in [-0.15, -0.1) is 0 Å². The molecule has 0 saturated heterocycles. The minimum Gasteiger partial charge on any atom is -0.615 e. The first kappa shape index (κ1) is 51.2. The van der Waals surface area contributed by atoms with Gasteiger partial charge in [0.1, 0.15) is 42.7 Å². The standard InChI is InChI=1S/C42H39ClF10N8O4S2/c1-39(2,67(5)64)12-10-25-6-7-26(27-8-9-29(43)32-34(27)60(21-41(48,49)50)58-37(32)61(66-4)38(63)65-15-14-54-3)33(55-25)30(18-22-16-23(44)19-24(45)17-22)56-31(62)20-59-36-28(11-13-40(36,46)47)35(57-59)42(51,52)53/h6-9,16-17,19,30,54H,11,13-15,18,20-21H2,1-5H3,(H,56,62). The zero-order valence-corrected chi connectivity index (χ0v) is 38.2. The summed E-state index contributed by atoms with van der Waals surface area (Å²) in [6, 6.07) is 5.91. The Morgan fingerprint density at radius 1 is 1.04 bits per heavy atom. The largest absolute Gasteiger partial charge is 0.615 e. The molecule has 2 atom stereocenters. The van der Waals surface area contributed by atoms with Crippen molar-refractivity contribution in [1.82, 2.24) is 35.2 Å². The minimum absolute atomic E-state index is 0.0890. The maximum atomic E-state index is 15.1. The number of benzene rings is 2. The van der Waals surface area contributed by atoms with Gasteiger partial charge >= 0.3 is 18.4 Å². The van der Waals surface area contributed by atoms with Gasteiger partial charge in [0.15, 0.2) is 16.3 Å². The van der Waals surface area contributed by atoms with Crippen molar-refractivity contribution in [3.8, 4) is 23.0 Å². The van der Waals surface area contributed by atoms with Crippen molar-refractivity contribution >= 4 is 63.4 Å². The van der Waals surface area contributed by atoms with Gasteiger partial charge in [-0.2, -0.15) is 49.6 Å². The molecule has 2 unspecified atom stereocenters. The number of halogens is 11. The Labute approximate surface area is 388 Å². The highest BCUT2D eigenvalue weighted by atomic mass is 35.5. The number of nitrogens with one attached hydrogen (secondary N) is 2. The van der Waals surface area contributed by atoms with Gasteiger partial charge in [-0.05, 0) is 105 Å². The lowest BCUT2D eigenvalue weighted by molar-refractivity contribution is -0.142. The Morgan fingerprint density at radius 2 is 1.72 bits per heavy atom. The first-order chi connectivity index (χ1) is 31.2. The van der Waals surface area contributed by atoms with Gasteiger partial charge in [0.25, 0.3) is 5.92 Å². The van der Waals surface area contributed by atoms with Crippen LogP contribution in [-0.4, -0.2) is 84.7 Å².